The summed E-state index contributed by atoms with van der Waals surface area (Å²) in [7, 11) is 0. The number of rotatable bonds is 2. The first-order valence-electron chi connectivity index (χ1n) is 6.37. The van der Waals surface area contributed by atoms with Crippen LogP contribution in [0.1, 0.15) is 13.3 Å². The lowest BCUT2D eigenvalue weighted by Gasteiger charge is -2.35. The topological polar surface area (TPSA) is 32.7 Å². The zero-order valence-corrected chi connectivity index (χ0v) is 10.7. The number of benzene rings is 1. The first kappa shape index (κ1) is 12.9. The van der Waals surface area contributed by atoms with Gasteiger partial charge in [-0.25, -0.2) is 0 Å². The summed E-state index contributed by atoms with van der Waals surface area (Å²) in [5, 5.41) is 8.43. The number of hydrogen-bond acceptors (Lipinski definition) is 3. The van der Waals surface area contributed by atoms with Crippen molar-refractivity contribution in [1.29, 1.82) is 0 Å². The highest BCUT2D eigenvalue weighted by molar-refractivity contribution is 5.92. The van der Waals surface area contributed by atoms with Gasteiger partial charge in [0.2, 0.25) is 0 Å². The van der Waals surface area contributed by atoms with Gasteiger partial charge in [0.1, 0.15) is 6.10 Å². The van der Waals surface area contributed by atoms with Crippen molar-refractivity contribution in [1.82, 2.24) is 0 Å². The van der Waals surface area contributed by atoms with Crippen LogP contribution in [0, 0.1) is 12.3 Å². The predicted octanol–water partition coefficient (Wildman–Crippen LogP) is 1.89. The second-order valence-corrected chi connectivity index (χ2v) is 4.42. The molecule has 3 aliphatic rings. The van der Waals surface area contributed by atoms with E-state index in [0.717, 1.165) is 26.3 Å². The van der Waals surface area contributed by atoms with Crippen molar-refractivity contribution in [2.75, 3.05) is 31.2 Å². The van der Waals surface area contributed by atoms with Crippen LogP contribution in [0.2, 0.25) is 0 Å². The molecule has 1 heterocycles. The summed E-state index contributed by atoms with van der Waals surface area (Å²) in [6.45, 7) is 5.70. The molecule has 18 heavy (non-hydrogen) atoms. The quantitative estimate of drug-likeness (QED) is 0.820. The van der Waals surface area contributed by atoms with Crippen LogP contribution in [-0.2, 0) is 4.74 Å². The number of aliphatic hydroxyl groups is 1. The zero-order valence-electron chi connectivity index (χ0n) is 10.7. The highest BCUT2D eigenvalue weighted by Crippen LogP contribution is 2.43. The van der Waals surface area contributed by atoms with E-state index in [4.69, 9.17) is 16.3 Å². The van der Waals surface area contributed by atoms with Crippen molar-refractivity contribution in [3.05, 3.63) is 18.2 Å². The van der Waals surface area contributed by atoms with Gasteiger partial charge in [-0.1, -0.05) is 25.0 Å². The van der Waals surface area contributed by atoms with Gasteiger partial charge in [0, 0.05) is 24.3 Å². The largest absolute Gasteiger partial charge is 0.380 e. The van der Waals surface area contributed by atoms with Crippen molar-refractivity contribution in [3.8, 4) is 23.5 Å². The van der Waals surface area contributed by atoms with E-state index in [-0.39, 0.29) is 0 Å². The maximum Gasteiger partial charge on any atom is 0.114 e. The molecule has 1 fully saturated rings. The van der Waals surface area contributed by atoms with Crippen LogP contribution in [0.15, 0.2) is 18.2 Å². The molecule has 3 heteroatoms. The Bertz CT molecular complexity index is 444. The highest BCUT2D eigenvalue weighted by Gasteiger charge is 2.22. The van der Waals surface area contributed by atoms with Crippen LogP contribution in [0.3, 0.4) is 0 Å². The minimum Gasteiger partial charge on any atom is -0.380 e. The Labute approximate surface area is 108 Å². The molecule has 1 N–H and O–H groups in total. The first-order valence-corrected chi connectivity index (χ1v) is 6.37. The third kappa shape index (κ3) is 2.66. The summed E-state index contributed by atoms with van der Waals surface area (Å²) < 4.78 is 5.30. The van der Waals surface area contributed by atoms with Crippen molar-refractivity contribution < 1.29 is 9.84 Å². The number of aliphatic hydroxyl groups excluding tert-OH is 1. The summed E-state index contributed by atoms with van der Waals surface area (Å²) in [6.07, 6.45) is 4.89. The molecule has 1 atom stereocenters. The summed E-state index contributed by atoms with van der Waals surface area (Å²) >= 11 is 0. The third-order valence-corrected chi connectivity index (χ3v) is 3.24. The van der Waals surface area contributed by atoms with Crippen LogP contribution in [-0.4, -0.2) is 37.5 Å². The molecule has 0 aromatic rings. The predicted molar refractivity (Wildman–Crippen MR) is 73.6 cm³/mol. The van der Waals surface area contributed by atoms with Crippen molar-refractivity contribution in [3.63, 3.8) is 0 Å². The lowest BCUT2D eigenvalue weighted by molar-refractivity contribution is 0.122. The Morgan fingerprint density at radius 2 is 2.17 bits per heavy atom. The molecule has 1 aliphatic heterocycles. The number of morpholine rings is 1. The molecule has 1 unspecified atom stereocenters. The molecule has 3 rings (SSSR count). The van der Waals surface area contributed by atoms with Crippen molar-refractivity contribution in [2.24, 2.45) is 0 Å². The van der Waals surface area contributed by atoms with Gasteiger partial charge in [-0.15, -0.1) is 6.42 Å². The Kier molecular flexibility index (Phi) is 4.24. The van der Waals surface area contributed by atoms with E-state index in [1.54, 1.807) is 0 Å². The van der Waals surface area contributed by atoms with Gasteiger partial charge < -0.3 is 14.7 Å². The lowest BCUT2D eigenvalue weighted by Crippen LogP contribution is -2.37. The molecule has 0 bridgehead atoms. The molecule has 96 valence electrons. The van der Waals surface area contributed by atoms with E-state index in [2.05, 4.69) is 29.0 Å². The molecule has 2 aliphatic carbocycles. The van der Waals surface area contributed by atoms with Gasteiger partial charge in [0.05, 0.1) is 13.2 Å². The fraction of sp³-hybridized carbons (Fsp3) is 0.467. The maximum atomic E-state index is 8.43. The fourth-order valence-electron chi connectivity index (χ4n) is 1.95. The summed E-state index contributed by atoms with van der Waals surface area (Å²) in [5.41, 5.74) is 4.31. The van der Waals surface area contributed by atoms with Crippen molar-refractivity contribution >= 4 is 5.69 Å². The van der Waals surface area contributed by atoms with Crippen LogP contribution in [0.4, 0.5) is 5.69 Å². The monoisotopic (exact) mass is 245 g/mol. The molecule has 0 aromatic heterocycles. The van der Waals surface area contributed by atoms with E-state index >= 15 is 0 Å². The smallest absolute Gasteiger partial charge is 0.114 e. The molecule has 3 nitrogen and oxygen atoms in total. The maximum absolute atomic E-state index is 8.43. The number of ether oxygens (including phenoxy) is 1. The molecule has 0 amide bonds. The number of fused-ring (bicyclic) bond motifs is 1. The van der Waals surface area contributed by atoms with Gasteiger partial charge >= 0.3 is 0 Å². The van der Waals surface area contributed by atoms with Crippen LogP contribution in [0.5, 0.6) is 0 Å². The van der Waals surface area contributed by atoms with E-state index in [1.807, 2.05) is 6.92 Å². The van der Waals surface area contributed by atoms with E-state index in [0.29, 0.717) is 6.42 Å². The van der Waals surface area contributed by atoms with Gasteiger partial charge in [0.25, 0.3) is 0 Å². The first-order chi connectivity index (χ1) is 8.76. The number of nitrogens with zero attached hydrogens (tertiary/aromatic N) is 1. The van der Waals surface area contributed by atoms with E-state index in [9.17, 15) is 0 Å². The number of terminal acetylenes is 1. The minimum absolute atomic E-state index is 0.537. The Hall–Kier alpha value is -1.50. The van der Waals surface area contributed by atoms with E-state index in [1.165, 1.54) is 16.8 Å². The number of anilines is 1. The second kappa shape index (κ2) is 5.90. The summed E-state index contributed by atoms with van der Waals surface area (Å²) in [5.74, 6) is 2.17. The fourth-order valence-corrected chi connectivity index (χ4v) is 1.95. The van der Waals surface area contributed by atoms with E-state index < -0.39 is 6.10 Å². The minimum atomic E-state index is -0.537. The van der Waals surface area contributed by atoms with Crippen molar-refractivity contribution in [2.45, 2.75) is 19.4 Å². The van der Waals surface area contributed by atoms with Gasteiger partial charge in [-0.3, -0.25) is 0 Å². The molecule has 0 saturated carbocycles. The average Bonchev–Trinajstić information content (AvgIpc) is 2.42. The van der Waals surface area contributed by atoms with Crippen LogP contribution < -0.4 is 4.90 Å². The normalized spacial score (nSPS) is 17.3. The van der Waals surface area contributed by atoms with Gasteiger partial charge in [-0.2, -0.15) is 0 Å². The van der Waals surface area contributed by atoms with Gasteiger partial charge in [-0.05, 0) is 18.1 Å². The Balaban J connectivity index is 0.000000174. The SMILES string of the molecule is C#CC(O)CC.c1cc2c(N3CCOCC3)cc1-2. The lowest BCUT2D eigenvalue weighted by atomic mass is 9.90. The Morgan fingerprint density at radius 1 is 1.44 bits per heavy atom. The second-order valence-electron chi connectivity index (χ2n) is 4.42. The Morgan fingerprint density at radius 3 is 2.50 bits per heavy atom. The number of hydrogen-bond donors (Lipinski definition) is 1. The molecule has 0 aromatic carbocycles. The standard InChI is InChI=1S/C10H11NO.C5H8O/c1-2-9-8(1)7-10(9)11-3-5-12-6-4-11;1-3-5(6)4-2/h1-2,7H,3-6H2;1,5-6H,4H2,2H3. The highest BCUT2D eigenvalue weighted by atomic mass is 16.5. The van der Waals surface area contributed by atoms with Crippen LogP contribution in [0.25, 0.3) is 11.1 Å². The molecule has 0 radical (unpaired) electrons. The van der Waals surface area contributed by atoms with Gasteiger partial charge in [0.15, 0.2) is 0 Å². The van der Waals surface area contributed by atoms with Crippen LogP contribution >= 0.6 is 0 Å². The molecule has 0 spiro atoms. The summed E-state index contributed by atoms with van der Waals surface area (Å²) in [6, 6.07) is 6.63. The third-order valence-electron chi connectivity index (χ3n) is 3.24. The molecular formula is C15H19NO2. The zero-order chi connectivity index (χ0) is 13.0. The average molecular weight is 245 g/mol. The molecular weight excluding hydrogens is 226 g/mol. The molecule has 1 saturated heterocycles. The summed E-state index contributed by atoms with van der Waals surface area (Å²) in [4.78, 5) is 2.41.